The third-order valence-corrected chi connectivity index (χ3v) is 3.10. The van der Waals surface area contributed by atoms with Crippen LogP contribution in [0.25, 0.3) is 0 Å². The zero-order valence-corrected chi connectivity index (χ0v) is 13.4. The quantitative estimate of drug-likeness (QED) is 0.859. The van der Waals surface area contributed by atoms with Crippen LogP contribution in [0, 0.1) is 0 Å². The van der Waals surface area contributed by atoms with Gasteiger partial charge in [0.2, 0.25) is 0 Å². The van der Waals surface area contributed by atoms with Gasteiger partial charge < -0.3 is 10.1 Å². The Bertz CT molecular complexity index is 426. The van der Waals surface area contributed by atoms with Gasteiger partial charge in [0, 0.05) is 21.6 Å². The zero-order chi connectivity index (χ0) is 13.8. The first kappa shape index (κ1) is 15.5. The molecule has 0 amide bonds. The van der Waals surface area contributed by atoms with E-state index in [1.165, 1.54) is 0 Å². The summed E-state index contributed by atoms with van der Waals surface area (Å²) in [6.45, 7) is 11.1. The predicted octanol–water partition coefficient (Wildman–Crippen LogP) is 4.47. The molecule has 2 nitrogen and oxygen atoms in total. The van der Waals surface area contributed by atoms with Gasteiger partial charge in [-0.15, -0.1) is 0 Å². The van der Waals surface area contributed by atoms with Crippen LogP contribution >= 0.6 is 27.5 Å². The van der Waals surface area contributed by atoms with E-state index in [2.05, 4.69) is 48.6 Å². The molecule has 0 heterocycles. The molecule has 0 radical (unpaired) electrons. The van der Waals surface area contributed by atoms with Crippen molar-refractivity contribution in [2.24, 2.45) is 0 Å². The van der Waals surface area contributed by atoms with Crippen molar-refractivity contribution in [2.75, 3.05) is 6.61 Å². The van der Waals surface area contributed by atoms with Crippen LogP contribution in [-0.4, -0.2) is 12.1 Å². The summed E-state index contributed by atoms with van der Waals surface area (Å²) in [5, 5.41) is 3.93. The van der Waals surface area contributed by atoms with E-state index >= 15 is 0 Å². The second-order valence-electron chi connectivity index (χ2n) is 5.16. The third-order valence-electron chi connectivity index (χ3n) is 2.22. The lowest BCUT2D eigenvalue weighted by Gasteiger charge is -2.21. The molecule has 0 aliphatic carbocycles. The van der Waals surface area contributed by atoms with Crippen molar-refractivity contribution in [1.82, 2.24) is 5.32 Å². The normalized spacial score (nSPS) is 11.4. The number of halogens is 2. The standard InChI is InChI=1S/C14H19BrClNO/c1-10(16)9-18-12-5-6-13(15)11(7-12)8-17-14(2,3)4/h5-7,17H,1,8-9H2,2-4H3. The van der Waals surface area contributed by atoms with E-state index in [4.69, 9.17) is 16.3 Å². The average molecular weight is 333 g/mol. The molecule has 1 rings (SSSR count). The smallest absolute Gasteiger partial charge is 0.123 e. The van der Waals surface area contributed by atoms with Gasteiger partial charge in [-0.3, -0.25) is 0 Å². The Balaban J connectivity index is 2.71. The van der Waals surface area contributed by atoms with Gasteiger partial charge in [-0.25, -0.2) is 0 Å². The first-order chi connectivity index (χ1) is 8.28. The summed E-state index contributed by atoms with van der Waals surface area (Å²) < 4.78 is 6.58. The number of hydrogen-bond donors (Lipinski definition) is 1. The fraction of sp³-hybridized carbons (Fsp3) is 0.429. The Morgan fingerprint density at radius 3 is 2.67 bits per heavy atom. The minimum Gasteiger partial charge on any atom is -0.488 e. The van der Waals surface area contributed by atoms with E-state index in [-0.39, 0.29) is 5.54 Å². The molecule has 0 fully saturated rings. The highest BCUT2D eigenvalue weighted by Gasteiger charge is 2.10. The van der Waals surface area contributed by atoms with Gasteiger partial charge in [0.15, 0.2) is 0 Å². The van der Waals surface area contributed by atoms with E-state index in [9.17, 15) is 0 Å². The zero-order valence-electron chi connectivity index (χ0n) is 11.0. The fourth-order valence-corrected chi connectivity index (χ4v) is 1.74. The van der Waals surface area contributed by atoms with Gasteiger partial charge in [0.25, 0.3) is 0 Å². The molecular formula is C14H19BrClNO. The van der Waals surface area contributed by atoms with Crippen LogP contribution in [0.3, 0.4) is 0 Å². The van der Waals surface area contributed by atoms with E-state index in [0.717, 1.165) is 22.3 Å². The van der Waals surface area contributed by atoms with Crippen molar-refractivity contribution in [2.45, 2.75) is 32.9 Å². The second kappa shape index (κ2) is 6.60. The Hall–Kier alpha value is -0.510. The van der Waals surface area contributed by atoms with Crippen molar-refractivity contribution in [3.05, 3.63) is 39.8 Å². The molecule has 0 aromatic heterocycles. The lowest BCUT2D eigenvalue weighted by molar-refractivity contribution is 0.358. The number of ether oxygens (including phenoxy) is 1. The summed E-state index contributed by atoms with van der Waals surface area (Å²) in [5.41, 5.74) is 1.24. The summed E-state index contributed by atoms with van der Waals surface area (Å²) in [4.78, 5) is 0. The molecule has 0 aliphatic rings. The number of benzene rings is 1. The fourth-order valence-electron chi connectivity index (χ4n) is 1.30. The first-order valence-electron chi connectivity index (χ1n) is 5.77. The van der Waals surface area contributed by atoms with Gasteiger partial charge in [0.05, 0.1) is 0 Å². The van der Waals surface area contributed by atoms with Crippen molar-refractivity contribution >= 4 is 27.5 Å². The molecule has 0 spiro atoms. The van der Waals surface area contributed by atoms with Crippen LogP contribution in [-0.2, 0) is 6.54 Å². The van der Waals surface area contributed by atoms with Crippen LogP contribution in [0.4, 0.5) is 0 Å². The molecule has 0 saturated carbocycles. The summed E-state index contributed by atoms with van der Waals surface area (Å²) in [7, 11) is 0. The predicted molar refractivity (Wildman–Crippen MR) is 81.2 cm³/mol. The minimum atomic E-state index is 0.0841. The molecule has 1 aromatic rings. The highest BCUT2D eigenvalue weighted by atomic mass is 79.9. The summed E-state index contributed by atoms with van der Waals surface area (Å²) >= 11 is 9.22. The van der Waals surface area contributed by atoms with Gasteiger partial charge in [-0.1, -0.05) is 34.1 Å². The molecule has 0 unspecified atom stereocenters. The Morgan fingerprint density at radius 1 is 1.44 bits per heavy atom. The van der Waals surface area contributed by atoms with Crippen LogP contribution in [0.5, 0.6) is 5.75 Å². The average Bonchev–Trinajstić information content (AvgIpc) is 2.25. The van der Waals surface area contributed by atoms with Crippen molar-refractivity contribution in [3.63, 3.8) is 0 Å². The minimum absolute atomic E-state index is 0.0841. The number of nitrogens with one attached hydrogen (secondary N) is 1. The SMILES string of the molecule is C=C(Cl)COc1ccc(Br)c(CNC(C)(C)C)c1. The Labute approximate surface area is 122 Å². The van der Waals surface area contributed by atoms with Gasteiger partial charge in [-0.2, -0.15) is 0 Å². The molecule has 4 heteroatoms. The lowest BCUT2D eigenvalue weighted by Crippen LogP contribution is -2.35. The first-order valence-corrected chi connectivity index (χ1v) is 6.94. The largest absolute Gasteiger partial charge is 0.488 e. The maximum absolute atomic E-state index is 5.68. The van der Waals surface area contributed by atoms with Crippen molar-refractivity contribution in [1.29, 1.82) is 0 Å². The monoisotopic (exact) mass is 331 g/mol. The maximum atomic E-state index is 5.68. The van der Waals surface area contributed by atoms with E-state index in [0.29, 0.717) is 11.6 Å². The highest BCUT2D eigenvalue weighted by Crippen LogP contribution is 2.23. The van der Waals surface area contributed by atoms with Crippen LogP contribution in [0.1, 0.15) is 26.3 Å². The number of hydrogen-bond acceptors (Lipinski definition) is 2. The van der Waals surface area contributed by atoms with Crippen molar-refractivity contribution < 1.29 is 4.74 Å². The van der Waals surface area contributed by atoms with E-state index < -0.39 is 0 Å². The van der Waals surface area contributed by atoms with Gasteiger partial charge >= 0.3 is 0 Å². The molecule has 100 valence electrons. The topological polar surface area (TPSA) is 21.3 Å². The molecule has 0 saturated heterocycles. The Morgan fingerprint density at radius 2 is 2.11 bits per heavy atom. The van der Waals surface area contributed by atoms with E-state index in [1.54, 1.807) is 0 Å². The van der Waals surface area contributed by atoms with Crippen LogP contribution in [0.2, 0.25) is 0 Å². The number of rotatable bonds is 5. The molecule has 18 heavy (non-hydrogen) atoms. The van der Waals surface area contributed by atoms with Crippen LogP contribution in [0.15, 0.2) is 34.3 Å². The van der Waals surface area contributed by atoms with Crippen molar-refractivity contribution in [3.8, 4) is 5.75 Å². The van der Waals surface area contributed by atoms with Gasteiger partial charge in [-0.05, 0) is 44.5 Å². The molecule has 0 aliphatic heterocycles. The third kappa shape index (κ3) is 5.89. The molecule has 0 atom stereocenters. The second-order valence-corrected chi connectivity index (χ2v) is 6.55. The molecular weight excluding hydrogens is 314 g/mol. The summed E-state index contributed by atoms with van der Waals surface area (Å²) in [5.74, 6) is 0.797. The van der Waals surface area contributed by atoms with E-state index in [1.807, 2.05) is 18.2 Å². The van der Waals surface area contributed by atoms with Gasteiger partial charge in [0.1, 0.15) is 12.4 Å². The highest BCUT2D eigenvalue weighted by molar-refractivity contribution is 9.10. The maximum Gasteiger partial charge on any atom is 0.123 e. The summed E-state index contributed by atoms with van der Waals surface area (Å²) in [6, 6.07) is 5.89. The summed E-state index contributed by atoms with van der Waals surface area (Å²) in [6.07, 6.45) is 0. The molecule has 0 bridgehead atoms. The molecule has 1 N–H and O–H groups in total. The van der Waals surface area contributed by atoms with Crippen LogP contribution < -0.4 is 10.1 Å². The molecule has 1 aromatic carbocycles. The lowest BCUT2D eigenvalue weighted by atomic mass is 10.1. The Kier molecular flexibility index (Phi) is 5.70.